The third-order valence-electron chi connectivity index (χ3n) is 5.12. The van der Waals surface area contributed by atoms with Crippen LogP contribution in [-0.2, 0) is 27.7 Å². The summed E-state index contributed by atoms with van der Waals surface area (Å²) in [6.45, 7) is 3.54. The second-order valence-electron chi connectivity index (χ2n) is 7.37. The molecule has 1 unspecified atom stereocenters. The molecule has 0 saturated heterocycles. The van der Waals surface area contributed by atoms with E-state index in [0.717, 1.165) is 39.0 Å². The van der Waals surface area contributed by atoms with Gasteiger partial charge in [0.15, 0.2) is 0 Å². The molecule has 1 aliphatic carbocycles. The maximum Gasteiger partial charge on any atom is 0.241 e. The molecule has 0 spiro atoms. The van der Waals surface area contributed by atoms with Crippen molar-refractivity contribution in [2.24, 2.45) is 0 Å². The van der Waals surface area contributed by atoms with E-state index >= 15 is 0 Å². The van der Waals surface area contributed by atoms with Gasteiger partial charge in [-0.25, -0.2) is 8.42 Å². The lowest BCUT2D eigenvalue weighted by Crippen LogP contribution is -2.41. The highest BCUT2D eigenvalue weighted by Crippen LogP contribution is 2.26. The monoisotopic (exact) mass is 464 g/mol. The first kappa shape index (κ1) is 20.9. The van der Waals surface area contributed by atoms with Crippen LogP contribution in [0.1, 0.15) is 41.6 Å². The molecule has 2 aromatic carbocycles. The van der Waals surface area contributed by atoms with Crippen molar-refractivity contribution in [3.63, 3.8) is 0 Å². The molecule has 5 nitrogen and oxygen atoms in total. The van der Waals surface area contributed by atoms with Crippen molar-refractivity contribution in [2.45, 2.75) is 39.2 Å². The fraction of sp³-hybridized carbons (Fsp3) is 0.381. The van der Waals surface area contributed by atoms with E-state index in [1.165, 1.54) is 17.5 Å². The molecule has 150 valence electrons. The first-order chi connectivity index (χ1) is 13.1. The molecule has 0 bridgehead atoms. The van der Waals surface area contributed by atoms with Crippen LogP contribution in [0, 0.1) is 6.92 Å². The zero-order valence-corrected chi connectivity index (χ0v) is 18.7. The quantitative estimate of drug-likeness (QED) is 0.704. The van der Waals surface area contributed by atoms with Crippen LogP contribution in [0.15, 0.2) is 40.9 Å². The van der Waals surface area contributed by atoms with Crippen molar-refractivity contribution in [1.29, 1.82) is 0 Å². The molecular weight excluding hydrogens is 440 g/mol. The molecule has 3 rings (SSSR count). The largest absolute Gasteiger partial charge is 0.348 e. The van der Waals surface area contributed by atoms with Gasteiger partial charge in [-0.15, -0.1) is 0 Å². The molecule has 1 N–H and O–H groups in total. The Kier molecular flexibility index (Phi) is 6.15. The minimum Gasteiger partial charge on any atom is -0.348 e. The van der Waals surface area contributed by atoms with E-state index in [4.69, 9.17) is 0 Å². The highest BCUT2D eigenvalue weighted by atomic mass is 79.9. The number of nitrogens with one attached hydrogen (secondary N) is 1. The molecule has 1 atom stereocenters. The standard InChI is InChI=1S/C21H25BrN2O3S/c1-14-11-19(9-10-20(14)22)24(28(3,26)27)13-21(25)23-15(2)17-8-7-16-5-4-6-18(16)12-17/h7-12,15H,4-6,13H2,1-3H3,(H,23,25). The van der Waals surface area contributed by atoms with Gasteiger partial charge in [0.05, 0.1) is 18.0 Å². The van der Waals surface area contributed by atoms with Gasteiger partial charge in [-0.2, -0.15) is 0 Å². The molecule has 1 aliphatic rings. The summed E-state index contributed by atoms with van der Waals surface area (Å²) >= 11 is 3.41. The Hall–Kier alpha value is -1.86. The second kappa shape index (κ2) is 8.25. The number of halogens is 1. The van der Waals surface area contributed by atoms with Crippen LogP contribution in [-0.4, -0.2) is 27.1 Å². The van der Waals surface area contributed by atoms with E-state index in [-0.39, 0.29) is 18.5 Å². The fourth-order valence-corrected chi connectivity index (χ4v) is 4.64. The number of aryl methyl sites for hydroxylation is 3. The molecular formula is C21H25BrN2O3S. The third-order valence-corrected chi connectivity index (χ3v) is 7.15. The fourth-order valence-electron chi connectivity index (χ4n) is 3.55. The third kappa shape index (κ3) is 4.75. The normalized spacial score (nSPS) is 14.4. The van der Waals surface area contributed by atoms with Crippen molar-refractivity contribution in [1.82, 2.24) is 5.32 Å². The maximum absolute atomic E-state index is 12.6. The average Bonchev–Trinajstić information content (AvgIpc) is 3.09. The highest BCUT2D eigenvalue weighted by molar-refractivity contribution is 9.10. The summed E-state index contributed by atoms with van der Waals surface area (Å²) in [6, 6.07) is 11.4. The molecule has 0 saturated carbocycles. The Morgan fingerprint density at radius 1 is 1.18 bits per heavy atom. The first-order valence-electron chi connectivity index (χ1n) is 9.30. The number of fused-ring (bicyclic) bond motifs is 1. The Bertz CT molecular complexity index is 1000. The molecule has 7 heteroatoms. The van der Waals surface area contributed by atoms with Crippen molar-refractivity contribution >= 4 is 37.5 Å². The molecule has 0 heterocycles. The molecule has 0 aliphatic heterocycles. The molecule has 28 heavy (non-hydrogen) atoms. The summed E-state index contributed by atoms with van der Waals surface area (Å²) in [6.07, 6.45) is 4.48. The number of benzene rings is 2. The minimum absolute atomic E-state index is 0.188. The van der Waals surface area contributed by atoms with Gasteiger partial charge in [0.25, 0.3) is 0 Å². The van der Waals surface area contributed by atoms with Gasteiger partial charge in [-0.05, 0) is 73.6 Å². The summed E-state index contributed by atoms with van der Waals surface area (Å²) in [5.74, 6) is -0.334. The Labute approximate surface area is 175 Å². The van der Waals surface area contributed by atoms with Gasteiger partial charge in [0, 0.05) is 4.47 Å². The Balaban J connectivity index is 1.74. The minimum atomic E-state index is -3.59. The molecule has 0 fully saturated rings. The number of amides is 1. The topological polar surface area (TPSA) is 66.5 Å². The van der Waals surface area contributed by atoms with Crippen molar-refractivity contribution in [3.05, 3.63) is 63.1 Å². The van der Waals surface area contributed by atoms with Crippen LogP contribution in [0.25, 0.3) is 0 Å². The number of hydrogen-bond donors (Lipinski definition) is 1. The number of rotatable bonds is 6. The van der Waals surface area contributed by atoms with Gasteiger partial charge in [0.1, 0.15) is 6.54 Å². The van der Waals surface area contributed by atoms with E-state index < -0.39 is 10.0 Å². The van der Waals surface area contributed by atoms with Crippen molar-refractivity contribution in [2.75, 3.05) is 17.1 Å². The smallest absolute Gasteiger partial charge is 0.241 e. The molecule has 0 aromatic heterocycles. The molecule has 2 aromatic rings. The van der Waals surface area contributed by atoms with Gasteiger partial charge < -0.3 is 5.32 Å². The van der Waals surface area contributed by atoms with E-state index in [2.05, 4.69) is 33.4 Å². The van der Waals surface area contributed by atoms with E-state index in [1.807, 2.05) is 19.9 Å². The number of carbonyl (C=O) groups is 1. The zero-order chi connectivity index (χ0) is 20.5. The SMILES string of the molecule is Cc1cc(N(CC(=O)NC(C)c2ccc3c(c2)CCC3)S(C)(=O)=O)ccc1Br. The summed E-state index contributed by atoms with van der Waals surface area (Å²) < 4.78 is 26.6. The lowest BCUT2D eigenvalue weighted by molar-refractivity contribution is -0.120. The van der Waals surface area contributed by atoms with Crippen molar-refractivity contribution < 1.29 is 13.2 Å². The maximum atomic E-state index is 12.6. The highest BCUT2D eigenvalue weighted by Gasteiger charge is 2.23. The van der Waals surface area contributed by atoms with Gasteiger partial charge in [-0.3, -0.25) is 9.10 Å². The van der Waals surface area contributed by atoms with Crippen LogP contribution in [0.2, 0.25) is 0 Å². The van der Waals surface area contributed by atoms with Crippen LogP contribution in [0.4, 0.5) is 5.69 Å². The predicted octanol–water partition coefficient (Wildman–Crippen LogP) is 3.89. The van der Waals surface area contributed by atoms with Gasteiger partial charge in [0.2, 0.25) is 15.9 Å². The van der Waals surface area contributed by atoms with Gasteiger partial charge >= 0.3 is 0 Å². The molecule has 0 radical (unpaired) electrons. The Morgan fingerprint density at radius 3 is 2.57 bits per heavy atom. The lowest BCUT2D eigenvalue weighted by atomic mass is 10.0. The summed E-state index contributed by atoms with van der Waals surface area (Å²) in [5, 5.41) is 2.93. The number of nitrogens with zero attached hydrogens (tertiary/aromatic N) is 1. The number of anilines is 1. The summed E-state index contributed by atoms with van der Waals surface area (Å²) in [5.41, 5.74) is 5.15. The zero-order valence-electron chi connectivity index (χ0n) is 16.3. The molecule has 1 amide bonds. The van der Waals surface area contributed by atoms with Crippen LogP contribution < -0.4 is 9.62 Å². The number of hydrogen-bond acceptors (Lipinski definition) is 3. The van der Waals surface area contributed by atoms with E-state index in [0.29, 0.717) is 5.69 Å². The van der Waals surface area contributed by atoms with Crippen LogP contribution >= 0.6 is 15.9 Å². The average molecular weight is 465 g/mol. The van der Waals surface area contributed by atoms with Crippen molar-refractivity contribution in [3.8, 4) is 0 Å². The summed E-state index contributed by atoms with van der Waals surface area (Å²) in [4.78, 5) is 12.6. The Morgan fingerprint density at radius 2 is 1.89 bits per heavy atom. The number of carbonyl (C=O) groups excluding carboxylic acids is 1. The lowest BCUT2D eigenvalue weighted by Gasteiger charge is -2.24. The van der Waals surface area contributed by atoms with Gasteiger partial charge in [-0.1, -0.05) is 34.1 Å². The van der Waals surface area contributed by atoms with E-state index in [9.17, 15) is 13.2 Å². The first-order valence-corrected chi connectivity index (χ1v) is 11.9. The van der Waals surface area contributed by atoms with Crippen LogP contribution in [0.3, 0.4) is 0 Å². The predicted molar refractivity (Wildman–Crippen MR) is 116 cm³/mol. The number of sulfonamides is 1. The summed E-state index contributed by atoms with van der Waals surface area (Å²) in [7, 11) is -3.59. The van der Waals surface area contributed by atoms with Crippen LogP contribution in [0.5, 0.6) is 0 Å². The second-order valence-corrected chi connectivity index (χ2v) is 10.1. The van der Waals surface area contributed by atoms with E-state index in [1.54, 1.807) is 18.2 Å².